The lowest BCUT2D eigenvalue weighted by Crippen LogP contribution is -1.99. The summed E-state index contributed by atoms with van der Waals surface area (Å²) in [5.41, 5.74) is 3.36. The second kappa shape index (κ2) is 6.86. The Bertz CT molecular complexity index is 862. The molecule has 3 aromatic rings. The number of carbonyl (C=O) groups is 1. The van der Waals surface area contributed by atoms with Crippen LogP contribution in [0.3, 0.4) is 0 Å². The normalized spacial score (nSPS) is 11.0. The maximum absolute atomic E-state index is 10.7. The first kappa shape index (κ1) is 16.2. The minimum Gasteiger partial charge on any atom is -0.481 e. The van der Waals surface area contributed by atoms with Crippen LogP contribution in [0.5, 0.6) is 0 Å². The lowest BCUT2D eigenvalue weighted by molar-refractivity contribution is -0.133. The fourth-order valence-corrected chi connectivity index (χ4v) is 4.15. The van der Waals surface area contributed by atoms with Crippen LogP contribution in [0, 0.1) is 0 Å². The summed E-state index contributed by atoms with van der Waals surface area (Å²) < 4.78 is 0. The first-order chi connectivity index (χ1) is 11.1. The molecule has 0 aliphatic heterocycles. The molecular formula is C16H13ClN2O2S2. The van der Waals surface area contributed by atoms with Crippen molar-refractivity contribution < 1.29 is 9.90 Å². The Hall–Kier alpha value is -1.63. The second-order valence-corrected chi connectivity index (χ2v) is 7.02. The zero-order valence-corrected chi connectivity index (χ0v) is 14.6. The average Bonchev–Trinajstić information content (AvgIpc) is 2.97. The van der Waals surface area contributed by atoms with Gasteiger partial charge in [0.2, 0.25) is 0 Å². The van der Waals surface area contributed by atoms with Crippen LogP contribution in [0.4, 0.5) is 0 Å². The molecule has 0 unspecified atom stereocenters. The van der Waals surface area contributed by atoms with E-state index in [2.05, 4.69) is 41.2 Å². The molecule has 0 amide bonds. The Balaban J connectivity index is 2.01. The van der Waals surface area contributed by atoms with Gasteiger partial charge >= 0.3 is 5.97 Å². The van der Waals surface area contributed by atoms with Crippen molar-refractivity contribution in [1.29, 1.82) is 0 Å². The van der Waals surface area contributed by atoms with E-state index >= 15 is 0 Å². The van der Waals surface area contributed by atoms with E-state index < -0.39 is 5.97 Å². The lowest BCUT2D eigenvalue weighted by atomic mass is 10.0. The Labute approximate surface area is 146 Å². The maximum Gasteiger partial charge on any atom is 0.313 e. The van der Waals surface area contributed by atoms with Crippen LogP contribution >= 0.6 is 34.7 Å². The quantitative estimate of drug-likeness (QED) is 0.402. The minimum atomic E-state index is -0.905. The molecule has 2 heterocycles. The number of hydrogen-bond donors (Lipinski definition) is 1. The van der Waals surface area contributed by atoms with Crippen LogP contribution < -0.4 is 0 Å². The summed E-state index contributed by atoms with van der Waals surface area (Å²) in [5.74, 6) is -0.990. The highest BCUT2D eigenvalue weighted by atomic mass is 35.5. The third kappa shape index (κ3) is 3.49. The van der Waals surface area contributed by atoms with E-state index in [1.165, 1.54) is 16.9 Å². The number of aryl methyl sites for hydroxylation is 1. The zero-order valence-electron chi connectivity index (χ0n) is 12.2. The summed E-state index contributed by atoms with van der Waals surface area (Å²) in [7, 11) is 0. The van der Waals surface area contributed by atoms with Crippen molar-refractivity contribution >= 4 is 50.9 Å². The Kier molecular flexibility index (Phi) is 4.84. The van der Waals surface area contributed by atoms with E-state index in [4.69, 9.17) is 16.7 Å². The number of thioether (sulfide) groups is 1. The molecule has 0 aliphatic carbocycles. The molecule has 0 saturated heterocycles. The molecule has 1 aromatic carbocycles. The van der Waals surface area contributed by atoms with Gasteiger partial charge < -0.3 is 5.11 Å². The largest absolute Gasteiger partial charge is 0.481 e. The highest BCUT2D eigenvalue weighted by molar-refractivity contribution is 7.99. The topological polar surface area (TPSA) is 63.1 Å². The van der Waals surface area contributed by atoms with Gasteiger partial charge in [0.1, 0.15) is 9.98 Å². The second-order valence-electron chi connectivity index (χ2n) is 4.86. The molecule has 1 N–H and O–H groups in total. The number of rotatable bonds is 5. The van der Waals surface area contributed by atoms with Gasteiger partial charge in [0, 0.05) is 10.9 Å². The molecule has 23 heavy (non-hydrogen) atoms. The average molecular weight is 365 g/mol. The SMILES string of the molecule is CCc1ccc(-c2csc3nc(SCC(=O)O)nc(Cl)c23)cc1. The van der Waals surface area contributed by atoms with Crippen LogP contribution in [0.25, 0.3) is 21.3 Å². The number of fused-ring (bicyclic) bond motifs is 1. The smallest absolute Gasteiger partial charge is 0.313 e. The number of aromatic nitrogens is 2. The van der Waals surface area contributed by atoms with Crippen molar-refractivity contribution in [3.63, 3.8) is 0 Å². The molecule has 2 aromatic heterocycles. The number of carboxylic acid groups (broad SMARTS) is 1. The maximum atomic E-state index is 10.7. The Morgan fingerprint density at radius 3 is 2.70 bits per heavy atom. The van der Waals surface area contributed by atoms with E-state index in [0.717, 1.165) is 39.5 Å². The molecule has 7 heteroatoms. The molecule has 0 fully saturated rings. The molecule has 0 radical (unpaired) electrons. The summed E-state index contributed by atoms with van der Waals surface area (Å²) in [6.45, 7) is 2.12. The van der Waals surface area contributed by atoms with Gasteiger partial charge in [-0.1, -0.05) is 54.6 Å². The molecule has 0 atom stereocenters. The number of carboxylic acids is 1. The minimum absolute atomic E-state index is 0.0848. The van der Waals surface area contributed by atoms with Gasteiger partial charge in [-0.25, -0.2) is 9.97 Å². The summed E-state index contributed by atoms with van der Waals surface area (Å²) in [6, 6.07) is 8.35. The highest BCUT2D eigenvalue weighted by Crippen LogP contribution is 2.37. The van der Waals surface area contributed by atoms with Crippen molar-refractivity contribution in [2.24, 2.45) is 0 Å². The molecule has 118 valence electrons. The van der Waals surface area contributed by atoms with Crippen molar-refractivity contribution in [3.05, 3.63) is 40.4 Å². The van der Waals surface area contributed by atoms with E-state index in [1.807, 2.05) is 5.38 Å². The van der Waals surface area contributed by atoms with Crippen LogP contribution in [0.15, 0.2) is 34.8 Å². The summed E-state index contributed by atoms with van der Waals surface area (Å²) in [4.78, 5) is 20.1. The van der Waals surface area contributed by atoms with Crippen LogP contribution in [0.2, 0.25) is 5.15 Å². The van der Waals surface area contributed by atoms with E-state index in [0.29, 0.717) is 10.3 Å². The molecule has 3 rings (SSSR count). The predicted octanol–water partition coefficient (Wildman–Crippen LogP) is 4.75. The van der Waals surface area contributed by atoms with Gasteiger partial charge in [0.05, 0.1) is 11.1 Å². The molecule has 0 bridgehead atoms. The summed E-state index contributed by atoms with van der Waals surface area (Å²) in [5, 5.41) is 12.3. The molecular weight excluding hydrogens is 352 g/mol. The number of halogens is 1. The first-order valence-electron chi connectivity index (χ1n) is 6.97. The van der Waals surface area contributed by atoms with Crippen LogP contribution in [-0.2, 0) is 11.2 Å². The van der Waals surface area contributed by atoms with Gasteiger partial charge in [0.15, 0.2) is 5.16 Å². The Morgan fingerprint density at radius 2 is 2.04 bits per heavy atom. The standard InChI is InChI=1S/C16H13ClN2O2S2/c1-2-9-3-5-10(6-4-9)11-7-22-15-13(11)14(17)18-16(19-15)23-8-12(20)21/h3-7H,2,8H2,1H3,(H,20,21). The number of benzene rings is 1. The summed E-state index contributed by atoms with van der Waals surface area (Å²) in [6.07, 6.45) is 0.999. The van der Waals surface area contributed by atoms with Crippen LogP contribution in [-0.4, -0.2) is 26.8 Å². The van der Waals surface area contributed by atoms with Gasteiger partial charge in [-0.3, -0.25) is 4.79 Å². The zero-order chi connectivity index (χ0) is 16.4. The highest BCUT2D eigenvalue weighted by Gasteiger charge is 2.15. The third-order valence-corrected chi connectivity index (χ3v) is 5.34. The van der Waals surface area contributed by atoms with Gasteiger partial charge in [-0.2, -0.15) is 0 Å². The number of hydrogen-bond acceptors (Lipinski definition) is 5. The molecule has 0 aliphatic rings. The first-order valence-corrected chi connectivity index (χ1v) is 9.21. The predicted molar refractivity (Wildman–Crippen MR) is 95.6 cm³/mol. The molecule has 0 saturated carbocycles. The fourth-order valence-electron chi connectivity index (χ4n) is 2.20. The number of nitrogens with zero attached hydrogens (tertiary/aromatic N) is 2. The summed E-state index contributed by atoms with van der Waals surface area (Å²) >= 11 is 8.88. The van der Waals surface area contributed by atoms with Crippen molar-refractivity contribution in [1.82, 2.24) is 9.97 Å². The van der Waals surface area contributed by atoms with Gasteiger partial charge in [0.25, 0.3) is 0 Å². The fraction of sp³-hybridized carbons (Fsp3) is 0.188. The van der Waals surface area contributed by atoms with Crippen molar-refractivity contribution in [2.45, 2.75) is 18.5 Å². The molecule has 4 nitrogen and oxygen atoms in total. The number of aliphatic carboxylic acids is 1. The molecule has 0 spiro atoms. The monoisotopic (exact) mass is 364 g/mol. The van der Waals surface area contributed by atoms with E-state index in [9.17, 15) is 4.79 Å². The third-order valence-electron chi connectivity index (χ3n) is 3.37. The number of thiophene rings is 1. The van der Waals surface area contributed by atoms with Crippen molar-refractivity contribution in [3.8, 4) is 11.1 Å². The van der Waals surface area contributed by atoms with Gasteiger partial charge in [-0.05, 0) is 17.5 Å². The van der Waals surface area contributed by atoms with E-state index in [1.54, 1.807) is 0 Å². The van der Waals surface area contributed by atoms with E-state index in [-0.39, 0.29) is 5.75 Å². The lowest BCUT2D eigenvalue weighted by Gasteiger charge is -2.04. The van der Waals surface area contributed by atoms with Gasteiger partial charge in [-0.15, -0.1) is 11.3 Å². The Morgan fingerprint density at radius 1 is 1.30 bits per heavy atom. The van der Waals surface area contributed by atoms with Crippen LogP contribution in [0.1, 0.15) is 12.5 Å². The van der Waals surface area contributed by atoms with Crippen molar-refractivity contribution in [2.75, 3.05) is 5.75 Å².